The highest BCUT2D eigenvalue weighted by molar-refractivity contribution is 7.09. The van der Waals surface area contributed by atoms with E-state index in [1.807, 2.05) is 31.0 Å². The van der Waals surface area contributed by atoms with Crippen molar-refractivity contribution in [2.75, 3.05) is 20.6 Å². The van der Waals surface area contributed by atoms with Gasteiger partial charge in [-0.15, -0.1) is 11.3 Å². The van der Waals surface area contributed by atoms with Crippen molar-refractivity contribution in [3.63, 3.8) is 0 Å². The number of thiophene rings is 1. The Morgan fingerprint density at radius 3 is 3.00 bits per heavy atom. The van der Waals surface area contributed by atoms with E-state index >= 15 is 0 Å². The lowest BCUT2D eigenvalue weighted by atomic mass is 10.1. The van der Waals surface area contributed by atoms with Crippen molar-refractivity contribution in [3.8, 4) is 0 Å². The van der Waals surface area contributed by atoms with Crippen LogP contribution in [0.25, 0.3) is 0 Å². The minimum atomic E-state index is -0.0406. The quantitative estimate of drug-likeness (QED) is 0.866. The molecule has 0 aliphatic carbocycles. The number of aromatic nitrogens is 2. The molecule has 3 heterocycles. The second-order valence-corrected chi connectivity index (χ2v) is 6.72. The fourth-order valence-corrected chi connectivity index (χ4v) is 3.54. The second-order valence-electron chi connectivity index (χ2n) is 5.68. The van der Waals surface area contributed by atoms with Gasteiger partial charge in [-0.2, -0.15) is 5.10 Å². The molecule has 3 rings (SSSR count). The lowest BCUT2D eigenvalue weighted by molar-refractivity contribution is -0.134. The summed E-state index contributed by atoms with van der Waals surface area (Å²) in [6.45, 7) is 3.17. The Labute approximate surface area is 128 Å². The molecule has 1 aliphatic heterocycles. The molecule has 0 saturated carbocycles. The van der Waals surface area contributed by atoms with Gasteiger partial charge in [0.05, 0.1) is 18.2 Å². The van der Waals surface area contributed by atoms with Crippen LogP contribution >= 0.6 is 11.3 Å². The monoisotopic (exact) mass is 304 g/mol. The van der Waals surface area contributed by atoms with Gasteiger partial charge in [0, 0.05) is 44.8 Å². The van der Waals surface area contributed by atoms with Crippen LogP contribution in [-0.4, -0.2) is 46.1 Å². The number of fused-ring (bicyclic) bond motifs is 1. The Kier molecular flexibility index (Phi) is 4.07. The second kappa shape index (κ2) is 5.99. The lowest BCUT2D eigenvalue weighted by Crippen LogP contribution is -2.38. The van der Waals surface area contributed by atoms with Crippen LogP contribution in [0.5, 0.6) is 0 Å². The van der Waals surface area contributed by atoms with Crippen LogP contribution in [0.4, 0.5) is 0 Å². The van der Waals surface area contributed by atoms with Crippen LogP contribution < -0.4 is 0 Å². The van der Waals surface area contributed by atoms with Gasteiger partial charge in [0.25, 0.3) is 0 Å². The molecule has 0 aromatic carbocycles. The van der Waals surface area contributed by atoms with E-state index in [9.17, 15) is 4.79 Å². The smallest absolute Gasteiger partial charge is 0.228 e. The van der Waals surface area contributed by atoms with Crippen LogP contribution in [0.3, 0.4) is 0 Å². The molecule has 1 atom stereocenters. The van der Waals surface area contributed by atoms with Gasteiger partial charge in [0.15, 0.2) is 0 Å². The number of hydrogen-bond donors (Lipinski definition) is 0. The van der Waals surface area contributed by atoms with E-state index < -0.39 is 0 Å². The largest absolute Gasteiger partial charge is 0.348 e. The van der Waals surface area contributed by atoms with Crippen LogP contribution in [0.2, 0.25) is 0 Å². The maximum Gasteiger partial charge on any atom is 0.228 e. The summed E-state index contributed by atoms with van der Waals surface area (Å²) in [5, 5.41) is 6.46. The van der Waals surface area contributed by atoms with E-state index in [0.29, 0.717) is 6.54 Å². The summed E-state index contributed by atoms with van der Waals surface area (Å²) in [7, 11) is 3.64. The minimum absolute atomic E-state index is 0.0406. The van der Waals surface area contributed by atoms with Crippen molar-refractivity contribution >= 4 is 17.2 Å². The Morgan fingerprint density at radius 1 is 1.43 bits per heavy atom. The summed E-state index contributed by atoms with van der Waals surface area (Å²) in [6, 6.07) is 6.27. The third-order valence-electron chi connectivity index (χ3n) is 3.81. The first-order valence-corrected chi connectivity index (χ1v) is 7.98. The van der Waals surface area contributed by atoms with Gasteiger partial charge in [0.2, 0.25) is 5.91 Å². The normalized spacial score (nSPS) is 19.0. The number of carbonyl (C=O) groups excluding carboxylic acids is 1. The zero-order chi connectivity index (χ0) is 14.8. The Morgan fingerprint density at radius 2 is 2.29 bits per heavy atom. The van der Waals surface area contributed by atoms with E-state index in [-0.39, 0.29) is 11.8 Å². The van der Waals surface area contributed by atoms with Crippen LogP contribution in [0.1, 0.15) is 10.6 Å². The highest BCUT2D eigenvalue weighted by Crippen LogP contribution is 2.20. The molecular weight excluding hydrogens is 284 g/mol. The average Bonchev–Trinajstić information content (AvgIpc) is 3.07. The predicted molar refractivity (Wildman–Crippen MR) is 82.8 cm³/mol. The molecule has 2 aromatic heterocycles. The van der Waals surface area contributed by atoms with Gasteiger partial charge < -0.3 is 4.90 Å². The molecule has 0 unspecified atom stereocenters. The minimum Gasteiger partial charge on any atom is -0.348 e. The van der Waals surface area contributed by atoms with E-state index in [1.165, 1.54) is 10.6 Å². The molecule has 0 radical (unpaired) electrons. The van der Waals surface area contributed by atoms with E-state index in [0.717, 1.165) is 19.6 Å². The topological polar surface area (TPSA) is 41.4 Å². The van der Waals surface area contributed by atoms with Gasteiger partial charge in [-0.3, -0.25) is 14.4 Å². The maximum absolute atomic E-state index is 12.4. The average molecular weight is 304 g/mol. The number of carbonyl (C=O) groups is 1. The molecule has 1 amide bonds. The molecule has 21 heavy (non-hydrogen) atoms. The molecule has 0 saturated heterocycles. The summed E-state index contributed by atoms with van der Waals surface area (Å²) in [5.74, 6) is 0.135. The molecule has 112 valence electrons. The fraction of sp³-hybridized carbons (Fsp3) is 0.467. The fourth-order valence-electron chi connectivity index (χ4n) is 2.80. The first kappa shape index (κ1) is 14.3. The van der Waals surface area contributed by atoms with Crippen molar-refractivity contribution in [2.24, 2.45) is 5.92 Å². The third kappa shape index (κ3) is 3.16. The van der Waals surface area contributed by atoms with Gasteiger partial charge >= 0.3 is 0 Å². The van der Waals surface area contributed by atoms with Gasteiger partial charge in [0.1, 0.15) is 0 Å². The molecule has 1 aliphatic rings. The van der Waals surface area contributed by atoms with Crippen LogP contribution in [-0.2, 0) is 24.4 Å². The Bertz CT molecular complexity index is 605. The molecule has 0 bridgehead atoms. The molecule has 5 nitrogen and oxygen atoms in total. The summed E-state index contributed by atoms with van der Waals surface area (Å²) < 4.78 is 1.97. The molecular formula is C15H20N4OS. The Balaban J connectivity index is 1.82. The molecule has 0 fully saturated rings. The highest BCUT2D eigenvalue weighted by atomic mass is 32.1. The van der Waals surface area contributed by atoms with Crippen molar-refractivity contribution in [1.82, 2.24) is 19.6 Å². The number of hydrogen-bond acceptors (Lipinski definition) is 4. The van der Waals surface area contributed by atoms with Crippen molar-refractivity contribution in [3.05, 3.63) is 40.3 Å². The molecule has 6 heteroatoms. The molecule has 0 N–H and O–H groups in total. The number of nitrogens with zero attached hydrogens (tertiary/aromatic N) is 4. The van der Waals surface area contributed by atoms with Gasteiger partial charge in [-0.25, -0.2) is 0 Å². The van der Waals surface area contributed by atoms with Crippen LogP contribution in [0.15, 0.2) is 29.8 Å². The number of amides is 1. The highest BCUT2D eigenvalue weighted by Gasteiger charge is 2.28. The standard InChI is InChI=1S/C15H20N4OS/c1-17(2)15(20)12-8-18(11-14-4-3-7-21-14)10-13-5-6-16-19(13)9-12/h3-7,12H,8-11H2,1-2H3/t12-/m0/s1. The molecule has 0 spiro atoms. The summed E-state index contributed by atoms with van der Waals surface area (Å²) in [5.41, 5.74) is 1.18. The third-order valence-corrected chi connectivity index (χ3v) is 4.67. The van der Waals surface area contributed by atoms with E-state index in [2.05, 4.69) is 27.5 Å². The SMILES string of the molecule is CN(C)C(=O)[C@H]1CN(Cc2cccs2)Cc2ccnn2C1. The summed E-state index contributed by atoms with van der Waals surface area (Å²) >= 11 is 1.76. The predicted octanol–water partition coefficient (Wildman–Crippen LogP) is 1.66. The number of rotatable bonds is 3. The molecule has 2 aromatic rings. The summed E-state index contributed by atoms with van der Waals surface area (Å²) in [4.78, 5) is 17.8. The van der Waals surface area contributed by atoms with Crippen molar-refractivity contribution in [1.29, 1.82) is 0 Å². The lowest BCUT2D eigenvalue weighted by Gasteiger charge is -2.24. The Hall–Kier alpha value is -1.66. The van der Waals surface area contributed by atoms with Gasteiger partial charge in [-0.1, -0.05) is 6.07 Å². The first-order valence-electron chi connectivity index (χ1n) is 7.10. The zero-order valence-electron chi connectivity index (χ0n) is 12.4. The van der Waals surface area contributed by atoms with E-state index in [4.69, 9.17) is 0 Å². The summed E-state index contributed by atoms with van der Waals surface area (Å²) in [6.07, 6.45) is 1.82. The first-order chi connectivity index (χ1) is 10.1. The van der Waals surface area contributed by atoms with Crippen molar-refractivity contribution < 1.29 is 4.79 Å². The van der Waals surface area contributed by atoms with Crippen LogP contribution in [0, 0.1) is 5.92 Å². The zero-order valence-corrected chi connectivity index (χ0v) is 13.2. The maximum atomic E-state index is 12.4. The van der Waals surface area contributed by atoms with Crippen molar-refractivity contribution in [2.45, 2.75) is 19.6 Å². The van der Waals surface area contributed by atoms with E-state index in [1.54, 1.807) is 16.2 Å². The van der Waals surface area contributed by atoms with Gasteiger partial charge in [-0.05, 0) is 17.5 Å².